The van der Waals surface area contributed by atoms with Crippen LogP contribution in [0.2, 0.25) is 0 Å². The Bertz CT molecular complexity index is 847. The number of amides is 1. The van der Waals surface area contributed by atoms with Gasteiger partial charge in [-0.1, -0.05) is 73.9 Å². The van der Waals surface area contributed by atoms with Gasteiger partial charge >= 0.3 is 0 Å². The molecule has 0 radical (unpaired) electrons. The number of carbonyl (C=O) groups excluding carboxylic acids is 3. The van der Waals surface area contributed by atoms with E-state index in [4.69, 9.17) is 0 Å². The van der Waals surface area contributed by atoms with E-state index >= 15 is 0 Å². The third kappa shape index (κ3) is 2.99. The first-order valence-electron chi connectivity index (χ1n) is 9.66. The Balaban J connectivity index is 1.70. The van der Waals surface area contributed by atoms with Gasteiger partial charge in [-0.2, -0.15) is 0 Å². The van der Waals surface area contributed by atoms with Crippen molar-refractivity contribution in [2.45, 2.75) is 50.0 Å². The Labute approximate surface area is 159 Å². The summed E-state index contributed by atoms with van der Waals surface area (Å²) in [4.78, 5) is 39.6. The Morgan fingerprint density at radius 3 is 2.00 bits per heavy atom. The van der Waals surface area contributed by atoms with Gasteiger partial charge in [-0.25, -0.2) is 0 Å². The number of rotatable bonds is 4. The van der Waals surface area contributed by atoms with Crippen molar-refractivity contribution in [2.24, 2.45) is 0 Å². The van der Waals surface area contributed by atoms with Crippen LogP contribution in [0.5, 0.6) is 0 Å². The number of benzene rings is 2. The third-order valence-electron chi connectivity index (χ3n) is 5.85. The Morgan fingerprint density at radius 1 is 0.852 bits per heavy atom. The molecular formula is C23H23NO3. The normalized spacial score (nSPS) is 19.0. The zero-order chi connectivity index (χ0) is 18.9. The second-order valence-corrected chi connectivity index (χ2v) is 7.55. The van der Waals surface area contributed by atoms with E-state index in [2.05, 4.69) is 5.32 Å². The fraction of sp³-hybridized carbons (Fsp3) is 0.348. The minimum Gasteiger partial charge on any atom is -0.353 e. The van der Waals surface area contributed by atoms with Crippen LogP contribution in [0.1, 0.15) is 64.8 Å². The molecule has 0 spiro atoms. The van der Waals surface area contributed by atoms with Crippen LogP contribution in [-0.4, -0.2) is 23.5 Å². The third-order valence-corrected chi connectivity index (χ3v) is 5.85. The first-order valence-corrected chi connectivity index (χ1v) is 9.66. The monoisotopic (exact) mass is 361 g/mol. The molecule has 2 aromatic carbocycles. The van der Waals surface area contributed by atoms with Crippen molar-refractivity contribution < 1.29 is 14.4 Å². The molecule has 1 amide bonds. The lowest BCUT2D eigenvalue weighted by molar-refractivity contribution is -0.122. The molecule has 4 nitrogen and oxygen atoms in total. The zero-order valence-corrected chi connectivity index (χ0v) is 15.2. The van der Waals surface area contributed by atoms with Gasteiger partial charge in [-0.3, -0.25) is 14.4 Å². The van der Waals surface area contributed by atoms with E-state index in [0.29, 0.717) is 16.7 Å². The molecule has 0 aromatic heterocycles. The van der Waals surface area contributed by atoms with E-state index in [0.717, 1.165) is 25.7 Å². The molecule has 0 atom stereocenters. The van der Waals surface area contributed by atoms with Crippen LogP contribution >= 0.6 is 0 Å². The summed E-state index contributed by atoms with van der Waals surface area (Å²) in [5.74, 6) is -0.763. The molecule has 0 unspecified atom stereocenters. The molecule has 4 rings (SSSR count). The van der Waals surface area contributed by atoms with Crippen molar-refractivity contribution in [3.05, 3.63) is 71.3 Å². The standard InChI is InChI=1S/C23H23NO3/c25-20(24-17-11-5-2-6-12-17)15-23(16-9-3-1-4-10-16)21(26)18-13-7-8-14-19(18)22(23)27/h1,3-4,7-10,13-14,17H,2,5-6,11-12,15H2,(H,24,25). The number of carbonyl (C=O) groups is 3. The van der Waals surface area contributed by atoms with Crippen LogP contribution in [0.4, 0.5) is 0 Å². The van der Waals surface area contributed by atoms with Gasteiger partial charge in [0.05, 0.1) is 6.42 Å². The van der Waals surface area contributed by atoms with E-state index in [1.165, 1.54) is 6.42 Å². The number of Topliss-reactive ketones (excluding diaryl/α,β-unsaturated/α-hetero) is 2. The second-order valence-electron chi connectivity index (χ2n) is 7.55. The molecule has 2 aromatic rings. The summed E-state index contributed by atoms with van der Waals surface area (Å²) in [7, 11) is 0. The van der Waals surface area contributed by atoms with Gasteiger partial charge in [0, 0.05) is 17.2 Å². The first-order chi connectivity index (χ1) is 13.1. The zero-order valence-electron chi connectivity index (χ0n) is 15.2. The van der Waals surface area contributed by atoms with Gasteiger partial charge in [-0.05, 0) is 18.4 Å². The average molecular weight is 361 g/mol. The molecule has 2 aliphatic rings. The van der Waals surface area contributed by atoms with Gasteiger partial charge in [0.15, 0.2) is 11.6 Å². The van der Waals surface area contributed by atoms with Gasteiger partial charge in [0.2, 0.25) is 5.91 Å². The molecule has 0 bridgehead atoms. The quantitative estimate of drug-likeness (QED) is 0.842. The molecule has 27 heavy (non-hydrogen) atoms. The lowest BCUT2D eigenvalue weighted by Gasteiger charge is -2.28. The molecule has 2 aliphatic carbocycles. The topological polar surface area (TPSA) is 63.2 Å². The van der Waals surface area contributed by atoms with Gasteiger partial charge in [-0.15, -0.1) is 0 Å². The number of hydrogen-bond acceptors (Lipinski definition) is 3. The number of ketones is 2. The van der Waals surface area contributed by atoms with E-state index < -0.39 is 5.41 Å². The van der Waals surface area contributed by atoms with Crippen molar-refractivity contribution in [3.8, 4) is 0 Å². The summed E-state index contributed by atoms with van der Waals surface area (Å²) in [6, 6.07) is 16.0. The minimum atomic E-state index is -1.45. The highest BCUT2D eigenvalue weighted by Gasteiger charge is 2.55. The molecule has 0 aliphatic heterocycles. The smallest absolute Gasteiger partial charge is 0.222 e. The van der Waals surface area contributed by atoms with Crippen LogP contribution < -0.4 is 5.32 Å². The summed E-state index contributed by atoms with van der Waals surface area (Å²) < 4.78 is 0. The van der Waals surface area contributed by atoms with Crippen LogP contribution in [0.15, 0.2) is 54.6 Å². The molecule has 0 heterocycles. The van der Waals surface area contributed by atoms with E-state index in [9.17, 15) is 14.4 Å². The average Bonchev–Trinajstić information content (AvgIpc) is 2.92. The second kappa shape index (κ2) is 7.10. The maximum Gasteiger partial charge on any atom is 0.222 e. The molecular weight excluding hydrogens is 338 g/mol. The van der Waals surface area contributed by atoms with Crippen molar-refractivity contribution in [3.63, 3.8) is 0 Å². The van der Waals surface area contributed by atoms with Gasteiger partial charge in [0.25, 0.3) is 0 Å². The summed E-state index contributed by atoms with van der Waals surface area (Å²) in [5, 5.41) is 3.06. The molecule has 0 saturated heterocycles. The lowest BCUT2D eigenvalue weighted by Crippen LogP contribution is -2.45. The highest BCUT2D eigenvalue weighted by atomic mass is 16.2. The summed E-state index contributed by atoms with van der Waals surface area (Å²) in [6.45, 7) is 0. The highest BCUT2D eigenvalue weighted by Crippen LogP contribution is 2.42. The SMILES string of the molecule is O=C(CC1(c2ccccc2)C(=O)c2ccccc2C1=O)NC1CCCCC1. The van der Waals surface area contributed by atoms with Crippen molar-refractivity contribution >= 4 is 17.5 Å². The first kappa shape index (κ1) is 17.7. The van der Waals surface area contributed by atoms with Crippen LogP contribution in [-0.2, 0) is 10.2 Å². The van der Waals surface area contributed by atoms with Crippen LogP contribution in [0.25, 0.3) is 0 Å². The molecule has 138 valence electrons. The van der Waals surface area contributed by atoms with Gasteiger partial charge < -0.3 is 5.32 Å². The minimum absolute atomic E-state index is 0.139. The Kier molecular flexibility index (Phi) is 4.65. The maximum absolute atomic E-state index is 13.4. The molecule has 1 N–H and O–H groups in total. The predicted octanol–water partition coefficient (Wildman–Crippen LogP) is 3.84. The van der Waals surface area contributed by atoms with Gasteiger partial charge in [0.1, 0.15) is 5.41 Å². The van der Waals surface area contributed by atoms with E-state index in [1.807, 2.05) is 6.07 Å². The number of hydrogen-bond donors (Lipinski definition) is 1. The van der Waals surface area contributed by atoms with Crippen molar-refractivity contribution in [2.75, 3.05) is 0 Å². The maximum atomic E-state index is 13.4. The predicted molar refractivity (Wildman–Crippen MR) is 103 cm³/mol. The summed E-state index contributed by atoms with van der Waals surface area (Å²) >= 11 is 0. The van der Waals surface area contributed by atoms with Crippen molar-refractivity contribution in [1.82, 2.24) is 5.32 Å². The highest BCUT2D eigenvalue weighted by molar-refractivity contribution is 6.34. The number of fused-ring (bicyclic) bond motifs is 1. The van der Waals surface area contributed by atoms with Crippen LogP contribution in [0.3, 0.4) is 0 Å². The fourth-order valence-electron chi connectivity index (χ4n) is 4.46. The Morgan fingerprint density at radius 2 is 1.41 bits per heavy atom. The summed E-state index contributed by atoms with van der Waals surface area (Å²) in [6.07, 6.45) is 5.21. The molecule has 1 fully saturated rings. The molecule has 4 heteroatoms. The Hall–Kier alpha value is -2.75. The largest absolute Gasteiger partial charge is 0.353 e. The lowest BCUT2D eigenvalue weighted by atomic mass is 9.73. The number of nitrogens with one attached hydrogen (secondary N) is 1. The summed E-state index contributed by atoms with van der Waals surface area (Å²) in [5.41, 5.74) is -0.0346. The van der Waals surface area contributed by atoms with Crippen molar-refractivity contribution in [1.29, 1.82) is 0 Å². The van der Waals surface area contributed by atoms with E-state index in [1.54, 1.807) is 48.5 Å². The molecule has 1 saturated carbocycles. The fourth-order valence-corrected chi connectivity index (χ4v) is 4.46. The van der Waals surface area contributed by atoms with E-state index in [-0.39, 0.29) is 29.9 Å². The van der Waals surface area contributed by atoms with Crippen LogP contribution in [0, 0.1) is 0 Å².